The van der Waals surface area contributed by atoms with Gasteiger partial charge in [0, 0.05) is 32.2 Å². The number of benzene rings is 1. The average molecular weight is 292 g/mol. The lowest BCUT2D eigenvalue weighted by molar-refractivity contribution is 0.0313. The Morgan fingerprint density at radius 1 is 1.14 bits per heavy atom. The van der Waals surface area contributed by atoms with Crippen molar-refractivity contribution < 1.29 is 14.3 Å². The third-order valence-electron chi connectivity index (χ3n) is 4.62. The molecule has 0 unspecified atom stereocenters. The zero-order chi connectivity index (χ0) is 14.8. The lowest BCUT2D eigenvalue weighted by Crippen LogP contribution is -2.53. The molecule has 1 aromatic carbocycles. The van der Waals surface area contributed by atoms with E-state index >= 15 is 0 Å². The van der Waals surface area contributed by atoms with Crippen LogP contribution in [0.2, 0.25) is 0 Å². The molecule has 0 spiro atoms. The quantitative estimate of drug-likeness (QED) is 0.898. The van der Waals surface area contributed by atoms with Gasteiger partial charge < -0.3 is 10.0 Å². The van der Waals surface area contributed by atoms with Crippen LogP contribution in [-0.4, -0.2) is 59.1 Å². The standard InChI is InChI=1S/C16H21FN2O2/c17-13-5-2-1-4-12(13)16(21)19-10-8-18(9-11-19)14-6-3-7-15(14)20/h1-2,4-5,14-15,20H,3,6-11H2/t14-,15+/m1/s1. The Labute approximate surface area is 124 Å². The summed E-state index contributed by atoms with van der Waals surface area (Å²) in [5.41, 5.74) is 0.145. The van der Waals surface area contributed by atoms with E-state index in [0.29, 0.717) is 13.1 Å². The third-order valence-corrected chi connectivity index (χ3v) is 4.62. The van der Waals surface area contributed by atoms with Crippen molar-refractivity contribution in [2.45, 2.75) is 31.4 Å². The lowest BCUT2D eigenvalue weighted by Gasteiger charge is -2.39. The van der Waals surface area contributed by atoms with Crippen molar-refractivity contribution in [3.8, 4) is 0 Å². The minimum atomic E-state index is -0.462. The highest BCUT2D eigenvalue weighted by molar-refractivity contribution is 5.94. The molecule has 0 aromatic heterocycles. The minimum absolute atomic E-state index is 0.145. The van der Waals surface area contributed by atoms with Crippen LogP contribution in [0.15, 0.2) is 24.3 Å². The van der Waals surface area contributed by atoms with Crippen LogP contribution in [-0.2, 0) is 0 Å². The Kier molecular flexibility index (Phi) is 4.22. The molecule has 2 fully saturated rings. The van der Waals surface area contributed by atoms with E-state index in [4.69, 9.17) is 0 Å². The molecule has 2 aliphatic rings. The monoisotopic (exact) mass is 292 g/mol. The van der Waals surface area contributed by atoms with Gasteiger partial charge in [-0.25, -0.2) is 4.39 Å². The number of hydrogen-bond donors (Lipinski definition) is 1. The van der Waals surface area contributed by atoms with E-state index in [-0.39, 0.29) is 23.6 Å². The number of hydrogen-bond acceptors (Lipinski definition) is 3. The van der Waals surface area contributed by atoms with Crippen LogP contribution in [0.5, 0.6) is 0 Å². The Hall–Kier alpha value is -1.46. The van der Waals surface area contributed by atoms with Crippen LogP contribution >= 0.6 is 0 Å². The van der Waals surface area contributed by atoms with Crippen LogP contribution in [0.4, 0.5) is 4.39 Å². The summed E-state index contributed by atoms with van der Waals surface area (Å²) >= 11 is 0. The maximum absolute atomic E-state index is 13.7. The summed E-state index contributed by atoms with van der Waals surface area (Å²) in [4.78, 5) is 16.3. The molecule has 0 bridgehead atoms. The van der Waals surface area contributed by atoms with Crippen molar-refractivity contribution in [2.24, 2.45) is 0 Å². The van der Waals surface area contributed by atoms with Crippen molar-refractivity contribution in [2.75, 3.05) is 26.2 Å². The van der Waals surface area contributed by atoms with E-state index in [1.165, 1.54) is 12.1 Å². The van der Waals surface area contributed by atoms with Crippen molar-refractivity contribution in [3.05, 3.63) is 35.6 Å². The maximum Gasteiger partial charge on any atom is 0.256 e. The number of halogens is 1. The molecule has 1 heterocycles. The number of aliphatic hydroxyl groups is 1. The highest BCUT2D eigenvalue weighted by Crippen LogP contribution is 2.25. The van der Waals surface area contributed by atoms with Gasteiger partial charge in [-0.15, -0.1) is 0 Å². The van der Waals surface area contributed by atoms with Gasteiger partial charge in [0.2, 0.25) is 0 Å². The third kappa shape index (κ3) is 2.94. The summed E-state index contributed by atoms with van der Waals surface area (Å²) in [5, 5.41) is 9.96. The number of amides is 1. The summed E-state index contributed by atoms with van der Waals surface area (Å²) < 4.78 is 13.7. The molecule has 5 heteroatoms. The first-order valence-corrected chi connectivity index (χ1v) is 7.63. The first-order chi connectivity index (χ1) is 10.2. The molecule has 1 aromatic rings. The van der Waals surface area contributed by atoms with Crippen molar-refractivity contribution in [3.63, 3.8) is 0 Å². The van der Waals surface area contributed by atoms with Gasteiger partial charge in [-0.05, 0) is 31.4 Å². The molecule has 1 aliphatic carbocycles. The fourth-order valence-corrected chi connectivity index (χ4v) is 3.41. The number of rotatable bonds is 2. The van der Waals surface area contributed by atoms with Gasteiger partial charge in [0.15, 0.2) is 0 Å². The summed E-state index contributed by atoms with van der Waals surface area (Å²) in [7, 11) is 0. The zero-order valence-electron chi connectivity index (χ0n) is 12.0. The summed E-state index contributed by atoms with van der Waals surface area (Å²) in [6, 6.07) is 6.35. The number of carbonyl (C=O) groups is 1. The number of aliphatic hydroxyl groups excluding tert-OH is 1. The second kappa shape index (κ2) is 6.12. The maximum atomic E-state index is 13.7. The van der Waals surface area contributed by atoms with Gasteiger partial charge in [0.25, 0.3) is 5.91 Å². The molecule has 21 heavy (non-hydrogen) atoms. The molecule has 1 N–H and O–H groups in total. The molecule has 1 amide bonds. The largest absolute Gasteiger partial charge is 0.391 e. The molecule has 1 aliphatic heterocycles. The highest BCUT2D eigenvalue weighted by atomic mass is 19.1. The predicted octanol–water partition coefficient (Wildman–Crippen LogP) is 1.50. The van der Waals surface area contributed by atoms with Gasteiger partial charge in [-0.2, -0.15) is 0 Å². The number of piperazine rings is 1. The van der Waals surface area contributed by atoms with Gasteiger partial charge in [-0.1, -0.05) is 12.1 Å². The zero-order valence-corrected chi connectivity index (χ0v) is 12.0. The summed E-state index contributed by atoms with van der Waals surface area (Å²) in [6.07, 6.45) is 2.74. The van der Waals surface area contributed by atoms with Gasteiger partial charge in [0.1, 0.15) is 5.82 Å². The smallest absolute Gasteiger partial charge is 0.256 e. The highest BCUT2D eigenvalue weighted by Gasteiger charge is 2.33. The Morgan fingerprint density at radius 3 is 2.48 bits per heavy atom. The predicted molar refractivity (Wildman–Crippen MR) is 77.5 cm³/mol. The fraction of sp³-hybridized carbons (Fsp3) is 0.562. The van der Waals surface area contributed by atoms with Crippen molar-refractivity contribution in [1.82, 2.24) is 9.80 Å². The van der Waals surface area contributed by atoms with Gasteiger partial charge >= 0.3 is 0 Å². The van der Waals surface area contributed by atoms with Gasteiger partial charge in [-0.3, -0.25) is 9.69 Å². The van der Waals surface area contributed by atoms with Crippen LogP contribution < -0.4 is 0 Å². The number of nitrogens with zero attached hydrogens (tertiary/aromatic N) is 2. The molecule has 0 radical (unpaired) electrons. The minimum Gasteiger partial charge on any atom is -0.391 e. The molecule has 1 saturated carbocycles. The van der Waals surface area contributed by atoms with Crippen LogP contribution in [0, 0.1) is 5.82 Å². The second-order valence-electron chi connectivity index (χ2n) is 5.87. The second-order valence-corrected chi connectivity index (χ2v) is 5.87. The van der Waals surface area contributed by atoms with Crippen molar-refractivity contribution >= 4 is 5.91 Å². The molecule has 2 atom stereocenters. The molecule has 3 rings (SSSR count). The normalized spacial score (nSPS) is 27.0. The van der Waals surface area contributed by atoms with Gasteiger partial charge in [0.05, 0.1) is 11.7 Å². The Balaban J connectivity index is 1.61. The Morgan fingerprint density at radius 2 is 1.86 bits per heavy atom. The van der Waals surface area contributed by atoms with E-state index in [0.717, 1.165) is 32.4 Å². The van der Waals surface area contributed by atoms with E-state index < -0.39 is 5.82 Å². The van der Waals surface area contributed by atoms with Crippen LogP contribution in [0.3, 0.4) is 0 Å². The first kappa shape index (κ1) is 14.5. The van der Waals surface area contributed by atoms with E-state index in [1.807, 2.05) is 0 Å². The SMILES string of the molecule is O=C(c1ccccc1F)N1CCN([C@@H]2CCC[C@@H]2O)CC1. The topological polar surface area (TPSA) is 43.8 Å². The van der Waals surface area contributed by atoms with E-state index in [1.54, 1.807) is 17.0 Å². The molecular formula is C16H21FN2O2. The molecule has 114 valence electrons. The first-order valence-electron chi connectivity index (χ1n) is 7.63. The van der Waals surface area contributed by atoms with Crippen molar-refractivity contribution in [1.29, 1.82) is 0 Å². The van der Waals surface area contributed by atoms with E-state index in [2.05, 4.69) is 4.90 Å². The summed E-state index contributed by atoms with van der Waals surface area (Å²) in [6.45, 7) is 2.69. The summed E-state index contributed by atoms with van der Waals surface area (Å²) in [5.74, 6) is -0.698. The Bertz CT molecular complexity index is 515. The van der Waals surface area contributed by atoms with E-state index in [9.17, 15) is 14.3 Å². The lowest BCUT2D eigenvalue weighted by atomic mass is 10.1. The molecule has 4 nitrogen and oxygen atoms in total. The van der Waals surface area contributed by atoms with Crippen LogP contribution in [0.25, 0.3) is 0 Å². The average Bonchev–Trinajstić information content (AvgIpc) is 2.93. The molecular weight excluding hydrogens is 271 g/mol. The van der Waals surface area contributed by atoms with Crippen LogP contribution in [0.1, 0.15) is 29.6 Å². The molecule has 1 saturated heterocycles. The fourth-order valence-electron chi connectivity index (χ4n) is 3.41. The number of carbonyl (C=O) groups excluding carboxylic acids is 1.